The molecule has 2 rings (SSSR count). The summed E-state index contributed by atoms with van der Waals surface area (Å²) in [6.45, 7) is 5.52. The summed E-state index contributed by atoms with van der Waals surface area (Å²) in [5.41, 5.74) is 0.570. The van der Waals surface area contributed by atoms with Crippen LogP contribution >= 0.6 is 50.7 Å². The standard InChI is InChI=1S/C23H26BrCl3N2O3/c1-4-14(3)28-23(31)20(5-2)29(12-16-17(25)7-6-8-18(16)26)22(30)13-32-21-10-9-15(24)11-19(21)27/h6-11,14,20H,4-5,12-13H2,1-3H3,(H,28,31)/t14-,20-/m1/s1. The van der Waals surface area contributed by atoms with Gasteiger partial charge >= 0.3 is 0 Å². The lowest BCUT2D eigenvalue weighted by molar-refractivity contribution is -0.143. The lowest BCUT2D eigenvalue weighted by Gasteiger charge is -2.32. The zero-order valence-corrected chi connectivity index (χ0v) is 22.0. The van der Waals surface area contributed by atoms with Crippen LogP contribution in [0.4, 0.5) is 0 Å². The highest BCUT2D eigenvalue weighted by molar-refractivity contribution is 9.10. The van der Waals surface area contributed by atoms with Crippen molar-refractivity contribution in [2.24, 2.45) is 0 Å². The fourth-order valence-corrected chi connectivity index (χ4v) is 4.27. The molecule has 0 unspecified atom stereocenters. The van der Waals surface area contributed by atoms with Gasteiger partial charge in [-0.15, -0.1) is 0 Å². The van der Waals surface area contributed by atoms with Crippen molar-refractivity contribution < 1.29 is 14.3 Å². The topological polar surface area (TPSA) is 58.6 Å². The molecule has 32 heavy (non-hydrogen) atoms. The third-order valence-corrected chi connectivity index (χ3v) is 6.52. The summed E-state index contributed by atoms with van der Waals surface area (Å²) < 4.78 is 6.46. The van der Waals surface area contributed by atoms with Crippen LogP contribution in [0.15, 0.2) is 40.9 Å². The molecule has 0 aliphatic carbocycles. The summed E-state index contributed by atoms with van der Waals surface area (Å²) in [4.78, 5) is 27.7. The van der Waals surface area contributed by atoms with Gasteiger partial charge in [-0.1, -0.05) is 70.6 Å². The minimum Gasteiger partial charge on any atom is -0.482 e. The molecule has 2 atom stereocenters. The van der Waals surface area contributed by atoms with Gasteiger partial charge in [-0.3, -0.25) is 9.59 Å². The number of halogens is 4. The number of hydrogen-bond acceptors (Lipinski definition) is 3. The fraction of sp³-hybridized carbons (Fsp3) is 0.391. The van der Waals surface area contributed by atoms with Crippen LogP contribution in [0.25, 0.3) is 0 Å². The lowest BCUT2D eigenvalue weighted by Crippen LogP contribution is -2.51. The van der Waals surface area contributed by atoms with Crippen LogP contribution in [0.5, 0.6) is 5.75 Å². The van der Waals surface area contributed by atoms with E-state index in [1.54, 1.807) is 36.4 Å². The zero-order chi connectivity index (χ0) is 23.8. The third kappa shape index (κ3) is 7.27. The van der Waals surface area contributed by atoms with E-state index in [1.165, 1.54) is 4.90 Å². The van der Waals surface area contributed by atoms with E-state index in [4.69, 9.17) is 39.5 Å². The van der Waals surface area contributed by atoms with Gasteiger partial charge in [0.05, 0.1) is 5.02 Å². The van der Waals surface area contributed by atoms with Crippen LogP contribution in [-0.4, -0.2) is 35.4 Å². The normalized spacial score (nSPS) is 12.7. The molecule has 0 saturated carbocycles. The molecule has 0 fully saturated rings. The average molecular weight is 565 g/mol. The van der Waals surface area contributed by atoms with Crippen LogP contribution in [0.3, 0.4) is 0 Å². The monoisotopic (exact) mass is 562 g/mol. The fourth-order valence-electron chi connectivity index (χ4n) is 3.03. The SMILES string of the molecule is CC[C@@H](C)NC(=O)[C@@H](CC)N(Cc1c(Cl)cccc1Cl)C(=O)COc1ccc(Br)cc1Cl. The highest BCUT2D eigenvalue weighted by atomic mass is 79.9. The van der Waals surface area contributed by atoms with Crippen molar-refractivity contribution in [1.82, 2.24) is 10.2 Å². The van der Waals surface area contributed by atoms with E-state index in [1.807, 2.05) is 20.8 Å². The van der Waals surface area contributed by atoms with Gasteiger partial charge in [0.1, 0.15) is 11.8 Å². The molecular formula is C23H26BrCl3N2O3. The first-order chi connectivity index (χ1) is 15.2. The highest BCUT2D eigenvalue weighted by Gasteiger charge is 2.30. The van der Waals surface area contributed by atoms with Crippen molar-refractivity contribution >= 4 is 62.5 Å². The van der Waals surface area contributed by atoms with Crippen molar-refractivity contribution in [3.63, 3.8) is 0 Å². The van der Waals surface area contributed by atoms with Gasteiger partial charge in [-0.05, 0) is 50.1 Å². The average Bonchev–Trinajstić information content (AvgIpc) is 2.74. The highest BCUT2D eigenvalue weighted by Crippen LogP contribution is 2.29. The predicted octanol–water partition coefficient (Wildman–Crippen LogP) is 6.51. The number of nitrogens with zero attached hydrogens (tertiary/aromatic N) is 1. The first kappa shape index (κ1) is 26.8. The van der Waals surface area contributed by atoms with E-state index >= 15 is 0 Å². The van der Waals surface area contributed by atoms with Crippen molar-refractivity contribution in [1.29, 1.82) is 0 Å². The van der Waals surface area contributed by atoms with Crippen molar-refractivity contribution in [2.75, 3.05) is 6.61 Å². The van der Waals surface area contributed by atoms with Crippen LogP contribution in [0.2, 0.25) is 15.1 Å². The number of benzene rings is 2. The summed E-state index contributed by atoms with van der Waals surface area (Å²) in [7, 11) is 0. The molecule has 2 aromatic rings. The smallest absolute Gasteiger partial charge is 0.261 e. The Bertz CT molecular complexity index is 938. The maximum Gasteiger partial charge on any atom is 0.261 e. The van der Waals surface area contributed by atoms with Gasteiger partial charge in [-0.2, -0.15) is 0 Å². The van der Waals surface area contributed by atoms with E-state index < -0.39 is 6.04 Å². The molecule has 0 spiro atoms. The Morgan fingerprint density at radius 2 is 1.72 bits per heavy atom. The second kappa shape index (κ2) is 12.7. The Kier molecular flexibility index (Phi) is 10.6. The van der Waals surface area contributed by atoms with Crippen LogP contribution in [-0.2, 0) is 16.1 Å². The number of amides is 2. The first-order valence-corrected chi connectivity index (χ1v) is 12.2. The Morgan fingerprint density at radius 1 is 1.06 bits per heavy atom. The Labute approximate surface area is 212 Å². The molecule has 1 N–H and O–H groups in total. The van der Waals surface area contributed by atoms with Crippen LogP contribution < -0.4 is 10.1 Å². The molecular weight excluding hydrogens is 539 g/mol. The lowest BCUT2D eigenvalue weighted by atomic mass is 10.1. The van der Waals surface area contributed by atoms with E-state index in [0.717, 1.165) is 10.9 Å². The maximum atomic E-state index is 13.3. The van der Waals surface area contributed by atoms with Gasteiger partial charge in [0, 0.05) is 32.7 Å². The second-order valence-electron chi connectivity index (χ2n) is 7.33. The molecule has 0 aliphatic rings. The molecule has 0 saturated heterocycles. The minimum absolute atomic E-state index is 0.0183. The van der Waals surface area contributed by atoms with Gasteiger partial charge in [-0.25, -0.2) is 0 Å². The molecule has 9 heteroatoms. The van der Waals surface area contributed by atoms with E-state index in [0.29, 0.717) is 32.8 Å². The number of rotatable bonds is 10. The van der Waals surface area contributed by atoms with Crippen molar-refractivity contribution in [3.05, 3.63) is 61.5 Å². The number of nitrogens with one attached hydrogen (secondary N) is 1. The minimum atomic E-state index is -0.715. The van der Waals surface area contributed by atoms with Crippen molar-refractivity contribution in [3.8, 4) is 5.75 Å². The molecule has 0 aromatic heterocycles. The van der Waals surface area contributed by atoms with Crippen LogP contribution in [0.1, 0.15) is 39.2 Å². The molecule has 174 valence electrons. The number of hydrogen-bond donors (Lipinski definition) is 1. The predicted molar refractivity (Wildman–Crippen MR) is 134 cm³/mol. The summed E-state index contributed by atoms with van der Waals surface area (Å²) >= 11 is 22.2. The largest absolute Gasteiger partial charge is 0.482 e. The van der Waals surface area contributed by atoms with Gasteiger partial charge in [0.15, 0.2) is 6.61 Å². The Hall–Kier alpha value is -1.47. The molecule has 0 radical (unpaired) electrons. The van der Waals surface area contributed by atoms with E-state index in [-0.39, 0.29) is 31.0 Å². The quantitative estimate of drug-likeness (QED) is 0.358. The molecule has 0 aliphatic heterocycles. The number of carbonyl (C=O) groups excluding carboxylic acids is 2. The van der Waals surface area contributed by atoms with Crippen molar-refractivity contribution in [2.45, 2.75) is 52.2 Å². The summed E-state index contributed by atoms with van der Waals surface area (Å²) in [6, 6.07) is 9.50. The van der Waals surface area contributed by atoms with Crippen LogP contribution in [0, 0.1) is 0 Å². The van der Waals surface area contributed by atoms with Gasteiger partial charge in [0.2, 0.25) is 5.91 Å². The summed E-state index contributed by atoms with van der Waals surface area (Å²) in [5.74, 6) is -0.248. The molecule has 0 bridgehead atoms. The number of ether oxygens (including phenoxy) is 1. The molecule has 0 heterocycles. The summed E-state index contributed by atoms with van der Waals surface area (Å²) in [5, 5.41) is 4.17. The zero-order valence-electron chi connectivity index (χ0n) is 18.1. The van der Waals surface area contributed by atoms with Gasteiger partial charge < -0.3 is 15.0 Å². The Balaban J connectivity index is 2.30. The van der Waals surface area contributed by atoms with E-state index in [9.17, 15) is 9.59 Å². The second-order valence-corrected chi connectivity index (χ2v) is 9.46. The summed E-state index contributed by atoms with van der Waals surface area (Å²) in [6.07, 6.45) is 1.19. The molecule has 2 aromatic carbocycles. The molecule has 2 amide bonds. The van der Waals surface area contributed by atoms with Gasteiger partial charge in [0.25, 0.3) is 5.91 Å². The maximum absolute atomic E-state index is 13.3. The first-order valence-electron chi connectivity index (χ1n) is 10.3. The Morgan fingerprint density at radius 3 is 2.28 bits per heavy atom. The number of carbonyl (C=O) groups is 2. The molecule has 5 nitrogen and oxygen atoms in total. The third-order valence-electron chi connectivity index (χ3n) is 5.02. The van der Waals surface area contributed by atoms with E-state index in [2.05, 4.69) is 21.2 Å².